The number of nitriles is 1. The van der Waals surface area contributed by atoms with E-state index in [0.717, 1.165) is 27.5 Å². The van der Waals surface area contributed by atoms with Crippen LogP contribution in [0, 0.1) is 36.8 Å². The standard InChI is InChI=1S/C19H13F2N3OS/c1-8-5-9(2)24-19-14(8)16-17(26-19)15(12(7-22)18(23)25-16)11-4-3-10(20)6-13(11)21/h3-6,15H,23H2,1-2H3/t15-/m0/s1. The molecule has 0 radical (unpaired) electrons. The maximum atomic E-state index is 14.5. The average Bonchev–Trinajstić information content (AvgIpc) is 2.92. The number of halogens is 2. The van der Waals surface area contributed by atoms with Crippen LogP contribution >= 0.6 is 11.3 Å². The summed E-state index contributed by atoms with van der Waals surface area (Å²) in [5, 5.41) is 10.4. The first-order chi connectivity index (χ1) is 12.4. The summed E-state index contributed by atoms with van der Waals surface area (Å²) in [7, 11) is 0. The third kappa shape index (κ3) is 2.34. The van der Waals surface area contributed by atoms with Crippen molar-refractivity contribution in [1.82, 2.24) is 4.98 Å². The molecule has 26 heavy (non-hydrogen) atoms. The van der Waals surface area contributed by atoms with Crippen LogP contribution in [0.25, 0.3) is 10.2 Å². The van der Waals surface area contributed by atoms with Gasteiger partial charge in [-0.05, 0) is 31.5 Å². The first-order valence-electron chi connectivity index (χ1n) is 7.84. The number of aromatic nitrogens is 1. The predicted molar refractivity (Wildman–Crippen MR) is 94.7 cm³/mol. The zero-order valence-corrected chi connectivity index (χ0v) is 14.7. The van der Waals surface area contributed by atoms with E-state index in [4.69, 9.17) is 10.5 Å². The summed E-state index contributed by atoms with van der Waals surface area (Å²) in [6.45, 7) is 3.82. The lowest BCUT2D eigenvalue weighted by molar-refractivity contribution is 0.400. The van der Waals surface area contributed by atoms with Crippen LogP contribution in [0.4, 0.5) is 8.78 Å². The van der Waals surface area contributed by atoms with Gasteiger partial charge in [0.2, 0.25) is 5.88 Å². The molecule has 3 aromatic rings. The molecule has 0 saturated carbocycles. The molecule has 0 aliphatic carbocycles. The van der Waals surface area contributed by atoms with Crippen LogP contribution in [0.15, 0.2) is 35.7 Å². The van der Waals surface area contributed by atoms with E-state index in [1.807, 2.05) is 26.0 Å². The number of hydrogen-bond donors (Lipinski definition) is 1. The Morgan fingerprint density at radius 3 is 2.73 bits per heavy atom. The van der Waals surface area contributed by atoms with Crippen molar-refractivity contribution >= 4 is 21.6 Å². The van der Waals surface area contributed by atoms with Crippen LogP contribution in [-0.2, 0) is 0 Å². The van der Waals surface area contributed by atoms with Crippen molar-refractivity contribution in [2.24, 2.45) is 5.73 Å². The second-order valence-corrected chi connectivity index (χ2v) is 7.18. The summed E-state index contributed by atoms with van der Waals surface area (Å²) >= 11 is 1.33. The number of nitrogens with zero attached hydrogens (tertiary/aromatic N) is 2. The Morgan fingerprint density at radius 1 is 1.27 bits per heavy atom. The Labute approximate surface area is 152 Å². The van der Waals surface area contributed by atoms with Crippen molar-refractivity contribution in [3.8, 4) is 11.8 Å². The molecule has 0 amide bonds. The van der Waals surface area contributed by atoms with Gasteiger partial charge in [0, 0.05) is 17.3 Å². The quantitative estimate of drug-likeness (QED) is 0.690. The summed E-state index contributed by atoms with van der Waals surface area (Å²) < 4.78 is 33.6. The summed E-state index contributed by atoms with van der Waals surface area (Å²) in [4.78, 5) is 5.89. The van der Waals surface area contributed by atoms with Gasteiger partial charge in [0.15, 0.2) is 5.75 Å². The van der Waals surface area contributed by atoms with Gasteiger partial charge in [-0.25, -0.2) is 13.8 Å². The monoisotopic (exact) mass is 369 g/mol. The van der Waals surface area contributed by atoms with Crippen LogP contribution in [0.3, 0.4) is 0 Å². The topological polar surface area (TPSA) is 71.9 Å². The van der Waals surface area contributed by atoms with Gasteiger partial charge < -0.3 is 10.5 Å². The number of thiophene rings is 1. The molecule has 1 aliphatic rings. The fourth-order valence-electron chi connectivity index (χ4n) is 3.31. The molecule has 4 nitrogen and oxygen atoms in total. The average molecular weight is 369 g/mol. The maximum absolute atomic E-state index is 14.5. The Balaban J connectivity index is 2.05. The highest BCUT2D eigenvalue weighted by Crippen LogP contribution is 2.51. The van der Waals surface area contributed by atoms with Crippen molar-refractivity contribution in [3.63, 3.8) is 0 Å². The van der Waals surface area contributed by atoms with Crippen molar-refractivity contribution in [3.05, 3.63) is 69.1 Å². The van der Waals surface area contributed by atoms with Gasteiger partial charge >= 0.3 is 0 Å². The molecule has 1 aliphatic heterocycles. The van der Waals surface area contributed by atoms with Crippen LogP contribution in [-0.4, -0.2) is 4.98 Å². The number of hydrogen-bond acceptors (Lipinski definition) is 5. The third-order valence-electron chi connectivity index (χ3n) is 4.39. The summed E-state index contributed by atoms with van der Waals surface area (Å²) in [6, 6.07) is 7.24. The van der Waals surface area contributed by atoms with Crippen molar-refractivity contribution < 1.29 is 13.5 Å². The fourth-order valence-corrected chi connectivity index (χ4v) is 4.66. The highest BCUT2D eigenvalue weighted by atomic mass is 32.1. The largest absolute Gasteiger partial charge is 0.439 e. The van der Waals surface area contributed by atoms with E-state index in [1.165, 1.54) is 23.5 Å². The minimum atomic E-state index is -0.761. The smallest absolute Gasteiger partial charge is 0.205 e. The van der Waals surface area contributed by atoms with Crippen LogP contribution in [0.1, 0.15) is 27.6 Å². The molecule has 4 rings (SSSR count). The number of nitrogens with two attached hydrogens (primary N) is 1. The first kappa shape index (κ1) is 16.5. The number of benzene rings is 1. The minimum Gasteiger partial charge on any atom is -0.439 e. The predicted octanol–water partition coefficient (Wildman–Crippen LogP) is 4.41. The third-order valence-corrected chi connectivity index (χ3v) is 5.52. The molecule has 1 atom stereocenters. The zero-order chi connectivity index (χ0) is 18.6. The number of allylic oxidation sites excluding steroid dienone is 1. The number of fused-ring (bicyclic) bond motifs is 3. The highest BCUT2D eigenvalue weighted by Gasteiger charge is 2.36. The molecule has 0 bridgehead atoms. The maximum Gasteiger partial charge on any atom is 0.205 e. The second kappa shape index (κ2) is 5.78. The molecule has 0 fully saturated rings. The lowest BCUT2D eigenvalue weighted by atomic mass is 9.88. The molecular weight excluding hydrogens is 356 g/mol. The molecule has 0 spiro atoms. The Morgan fingerprint density at radius 2 is 2.04 bits per heavy atom. The number of aryl methyl sites for hydroxylation is 2. The van der Waals surface area contributed by atoms with Crippen LogP contribution in [0.2, 0.25) is 0 Å². The molecule has 1 aromatic carbocycles. The number of ether oxygens (including phenoxy) is 1. The Bertz CT molecular complexity index is 1140. The van der Waals surface area contributed by atoms with E-state index in [0.29, 0.717) is 10.6 Å². The Kier molecular flexibility index (Phi) is 3.67. The SMILES string of the molecule is Cc1cc(C)c2c3c(sc2n1)[C@@H](c1ccc(F)cc1F)C(C#N)=C(N)O3. The van der Waals surface area contributed by atoms with E-state index >= 15 is 0 Å². The van der Waals surface area contributed by atoms with E-state index in [9.17, 15) is 14.0 Å². The van der Waals surface area contributed by atoms with E-state index in [-0.39, 0.29) is 17.0 Å². The number of rotatable bonds is 1. The van der Waals surface area contributed by atoms with E-state index in [1.54, 1.807) is 0 Å². The van der Waals surface area contributed by atoms with Gasteiger partial charge in [-0.3, -0.25) is 0 Å². The summed E-state index contributed by atoms with van der Waals surface area (Å²) in [6.07, 6.45) is 0. The van der Waals surface area contributed by atoms with Crippen molar-refractivity contribution in [1.29, 1.82) is 5.26 Å². The molecule has 0 unspecified atom stereocenters. The summed E-state index contributed by atoms with van der Waals surface area (Å²) in [5.41, 5.74) is 8.04. The van der Waals surface area contributed by atoms with Gasteiger partial charge in [-0.15, -0.1) is 11.3 Å². The fraction of sp³-hybridized carbons (Fsp3) is 0.158. The molecule has 3 heterocycles. The van der Waals surface area contributed by atoms with Gasteiger partial charge in [-0.1, -0.05) is 6.07 Å². The zero-order valence-electron chi connectivity index (χ0n) is 13.9. The molecule has 2 N–H and O–H groups in total. The highest BCUT2D eigenvalue weighted by molar-refractivity contribution is 7.19. The first-order valence-corrected chi connectivity index (χ1v) is 8.65. The van der Waals surface area contributed by atoms with E-state index in [2.05, 4.69) is 4.98 Å². The van der Waals surface area contributed by atoms with Crippen molar-refractivity contribution in [2.45, 2.75) is 19.8 Å². The van der Waals surface area contributed by atoms with E-state index < -0.39 is 17.6 Å². The van der Waals surface area contributed by atoms with Gasteiger partial charge in [0.05, 0.1) is 16.2 Å². The second-order valence-electron chi connectivity index (χ2n) is 6.15. The minimum absolute atomic E-state index is 0.0756. The molecule has 2 aromatic heterocycles. The molecule has 130 valence electrons. The molecule has 7 heteroatoms. The van der Waals surface area contributed by atoms with Gasteiger partial charge in [-0.2, -0.15) is 5.26 Å². The van der Waals surface area contributed by atoms with Gasteiger partial charge in [0.25, 0.3) is 0 Å². The van der Waals surface area contributed by atoms with Crippen LogP contribution < -0.4 is 10.5 Å². The lowest BCUT2D eigenvalue weighted by Gasteiger charge is -2.24. The molecular formula is C19H13F2N3OS. The molecule has 0 saturated heterocycles. The number of pyridine rings is 1. The van der Waals surface area contributed by atoms with Crippen LogP contribution in [0.5, 0.6) is 5.75 Å². The summed E-state index contributed by atoms with van der Waals surface area (Å²) in [5.74, 6) is -1.77. The lowest BCUT2D eigenvalue weighted by Crippen LogP contribution is -2.20. The van der Waals surface area contributed by atoms with Gasteiger partial charge in [0.1, 0.15) is 28.1 Å². The Hall–Kier alpha value is -2.98. The van der Waals surface area contributed by atoms with Crippen molar-refractivity contribution in [2.75, 3.05) is 0 Å². The normalized spacial score (nSPS) is 16.3.